The van der Waals surface area contributed by atoms with Crippen LogP contribution in [0.2, 0.25) is 5.02 Å². The second-order valence-corrected chi connectivity index (χ2v) is 13.1. The Morgan fingerprint density at radius 3 is 2.30 bits per heavy atom. The Kier molecular flexibility index (Phi) is 11.4. The monoisotopic (exact) mass is 642 g/mol. The summed E-state index contributed by atoms with van der Waals surface area (Å²) in [5, 5.41) is 0.697. The number of carbonyl (C=O) groups excluding carboxylic acids is 1. The molecule has 2 amide bonds. The van der Waals surface area contributed by atoms with E-state index in [4.69, 9.17) is 26.1 Å². The van der Waals surface area contributed by atoms with Crippen LogP contribution in [0.25, 0.3) is 0 Å². The molecule has 0 bridgehead atoms. The molecule has 44 heavy (non-hydrogen) atoms. The first-order valence-corrected chi connectivity index (χ1v) is 16.9. The van der Waals surface area contributed by atoms with Crippen LogP contribution in [0.1, 0.15) is 88.3 Å². The van der Waals surface area contributed by atoms with Gasteiger partial charge in [0.1, 0.15) is 17.3 Å². The van der Waals surface area contributed by atoms with Gasteiger partial charge in [-0.3, -0.25) is 9.89 Å². The first-order valence-electron chi connectivity index (χ1n) is 16.5. The van der Waals surface area contributed by atoms with Crippen molar-refractivity contribution in [2.24, 2.45) is 10.9 Å². The third-order valence-corrected chi connectivity index (χ3v) is 10.2. The highest BCUT2D eigenvalue weighted by molar-refractivity contribution is 6.30. The van der Waals surface area contributed by atoms with Crippen LogP contribution in [0.15, 0.2) is 47.5 Å². The van der Waals surface area contributed by atoms with Gasteiger partial charge in [0.2, 0.25) is 0 Å². The van der Waals surface area contributed by atoms with E-state index in [9.17, 15) is 4.79 Å². The number of nitrogens with zero attached hydrogens (tertiary/aromatic N) is 4. The summed E-state index contributed by atoms with van der Waals surface area (Å²) < 4.78 is 11.7. The van der Waals surface area contributed by atoms with Gasteiger partial charge in [0.05, 0.1) is 31.4 Å². The zero-order chi connectivity index (χ0) is 29.8. The molecule has 0 unspecified atom stereocenters. The lowest BCUT2D eigenvalue weighted by Crippen LogP contribution is -2.52. The van der Waals surface area contributed by atoms with Crippen molar-refractivity contribution in [2.45, 2.75) is 89.3 Å². The van der Waals surface area contributed by atoms with Crippen molar-refractivity contribution in [1.82, 2.24) is 14.7 Å². The number of ether oxygens (including phenoxy) is 2. The molecule has 2 aromatic carbocycles. The first-order chi connectivity index (χ1) is 21.1. The highest BCUT2D eigenvalue weighted by Gasteiger charge is 2.45. The van der Waals surface area contributed by atoms with Crippen molar-refractivity contribution >= 4 is 35.9 Å². The molecule has 3 fully saturated rings. The van der Waals surface area contributed by atoms with Crippen molar-refractivity contribution in [3.05, 3.63) is 58.6 Å². The number of likely N-dealkylation sites (tertiary alicyclic amines) is 2. The highest BCUT2D eigenvalue weighted by atomic mass is 35.5. The van der Waals surface area contributed by atoms with Crippen LogP contribution in [-0.4, -0.2) is 78.5 Å². The Bertz CT molecular complexity index is 1270. The zero-order valence-corrected chi connectivity index (χ0v) is 27.8. The molecule has 4 aliphatic rings. The molecule has 240 valence electrons. The maximum Gasteiger partial charge on any atom is 0.326 e. The lowest BCUT2D eigenvalue weighted by Gasteiger charge is -2.40. The van der Waals surface area contributed by atoms with E-state index < -0.39 is 0 Å². The molecule has 0 spiro atoms. The average molecular weight is 644 g/mol. The van der Waals surface area contributed by atoms with Crippen LogP contribution in [0.5, 0.6) is 11.5 Å². The van der Waals surface area contributed by atoms with Crippen molar-refractivity contribution < 1.29 is 14.3 Å². The van der Waals surface area contributed by atoms with Gasteiger partial charge in [-0.15, -0.1) is 12.4 Å². The van der Waals surface area contributed by atoms with Gasteiger partial charge in [0.15, 0.2) is 0 Å². The van der Waals surface area contributed by atoms with E-state index in [0.717, 1.165) is 49.2 Å². The summed E-state index contributed by atoms with van der Waals surface area (Å²) in [5.41, 5.74) is 1.92. The molecule has 6 rings (SSSR count). The fraction of sp³-hybridized carbons (Fsp3) is 0.600. The van der Waals surface area contributed by atoms with Gasteiger partial charge in [0.25, 0.3) is 0 Å². The molecular weight excluding hydrogens is 595 g/mol. The number of aliphatic imine (C=N–C) groups is 1. The molecule has 9 heteroatoms. The number of methoxy groups -OCH3 is 1. The third kappa shape index (κ3) is 7.16. The standard InChI is InChI=1S/C35H47ClN4O3.ClH/c1-3-43-32-24-29(42-2)15-16-30(32)34-37-31(23-25-9-5-4-6-10-25)33(26-11-13-27(36)14-12-26)40(34)35(41)39-21-17-28(18-22-39)38-19-7-8-20-38;/h11-16,24-25,28,31,33H,3-10,17-23H2,1-2H3;1H/t31-,33+;/m1./s1. The summed E-state index contributed by atoms with van der Waals surface area (Å²) in [6, 6.07) is 14.3. The summed E-state index contributed by atoms with van der Waals surface area (Å²) in [4.78, 5) is 26.9. The largest absolute Gasteiger partial charge is 0.497 e. The Labute approximate surface area is 274 Å². The lowest BCUT2D eigenvalue weighted by atomic mass is 9.82. The van der Waals surface area contributed by atoms with Crippen molar-refractivity contribution in [3.63, 3.8) is 0 Å². The lowest BCUT2D eigenvalue weighted by molar-refractivity contribution is 0.116. The van der Waals surface area contributed by atoms with Gasteiger partial charge in [-0.2, -0.15) is 0 Å². The van der Waals surface area contributed by atoms with Gasteiger partial charge in [-0.05, 0) is 87.9 Å². The van der Waals surface area contributed by atoms with Crippen molar-refractivity contribution in [1.29, 1.82) is 0 Å². The van der Waals surface area contributed by atoms with Crippen LogP contribution in [0, 0.1) is 5.92 Å². The van der Waals surface area contributed by atoms with E-state index in [1.54, 1.807) is 7.11 Å². The summed E-state index contributed by atoms with van der Waals surface area (Å²) in [7, 11) is 1.66. The summed E-state index contributed by atoms with van der Waals surface area (Å²) in [6.07, 6.45) is 12.0. The SMILES string of the molecule is CCOc1cc(OC)ccc1C1=N[C@H](CC2CCCCC2)[C@H](c2ccc(Cl)cc2)N1C(=O)N1CCC(N2CCCC2)CC1.Cl. The average Bonchev–Trinajstić information content (AvgIpc) is 3.71. The van der Waals surface area contributed by atoms with Crippen LogP contribution >= 0.6 is 24.0 Å². The minimum absolute atomic E-state index is 0. The first kappa shape index (κ1) is 32.9. The molecule has 3 aliphatic heterocycles. The van der Waals surface area contributed by atoms with E-state index in [-0.39, 0.29) is 30.5 Å². The molecule has 1 aliphatic carbocycles. The molecule has 7 nitrogen and oxygen atoms in total. The fourth-order valence-corrected chi connectivity index (χ4v) is 7.88. The topological polar surface area (TPSA) is 57.6 Å². The van der Waals surface area contributed by atoms with Gasteiger partial charge >= 0.3 is 6.03 Å². The number of halogens is 2. The molecule has 2 aromatic rings. The van der Waals surface area contributed by atoms with E-state index in [0.29, 0.717) is 35.2 Å². The number of amides is 2. The van der Waals surface area contributed by atoms with E-state index >= 15 is 0 Å². The quantitative estimate of drug-likeness (QED) is 0.293. The number of piperidine rings is 1. The Hall–Kier alpha value is -2.48. The smallest absolute Gasteiger partial charge is 0.326 e. The second-order valence-electron chi connectivity index (χ2n) is 12.7. The molecular formula is C35H48Cl2N4O3. The van der Waals surface area contributed by atoms with Crippen molar-refractivity contribution in [2.75, 3.05) is 39.9 Å². The second kappa shape index (κ2) is 15.2. The van der Waals surface area contributed by atoms with E-state index in [2.05, 4.69) is 21.9 Å². The van der Waals surface area contributed by atoms with Gasteiger partial charge in [-0.25, -0.2) is 4.79 Å². The maximum absolute atomic E-state index is 14.8. The minimum atomic E-state index is -0.199. The number of amidine groups is 1. The Morgan fingerprint density at radius 2 is 1.64 bits per heavy atom. The predicted molar refractivity (Wildman–Crippen MR) is 180 cm³/mol. The molecule has 2 saturated heterocycles. The van der Waals surface area contributed by atoms with E-state index in [1.165, 1.54) is 58.0 Å². The maximum atomic E-state index is 14.8. The Morgan fingerprint density at radius 1 is 0.932 bits per heavy atom. The molecule has 1 saturated carbocycles. The minimum Gasteiger partial charge on any atom is -0.497 e. The van der Waals surface area contributed by atoms with Crippen LogP contribution in [0.4, 0.5) is 4.79 Å². The van der Waals surface area contributed by atoms with Gasteiger partial charge < -0.3 is 19.3 Å². The third-order valence-electron chi connectivity index (χ3n) is 10.00. The molecule has 0 aromatic heterocycles. The van der Waals surface area contributed by atoms with Gasteiger partial charge in [-0.1, -0.05) is 55.8 Å². The number of hydrogen-bond acceptors (Lipinski definition) is 5. The number of hydrogen-bond donors (Lipinski definition) is 0. The number of carbonyl (C=O) groups is 1. The van der Waals surface area contributed by atoms with Gasteiger partial charge in [0, 0.05) is 30.2 Å². The predicted octanol–water partition coefficient (Wildman–Crippen LogP) is 7.99. The summed E-state index contributed by atoms with van der Waals surface area (Å²) in [5.74, 6) is 2.74. The number of rotatable bonds is 8. The fourth-order valence-electron chi connectivity index (χ4n) is 7.75. The van der Waals surface area contributed by atoms with E-state index in [1.807, 2.05) is 42.2 Å². The van der Waals surface area contributed by atoms with Crippen LogP contribution in [0.3, 0.4) is 0 Å². The number of benzene rings is 2. The normalized spacial score (nSPS) is 23.4. The Balaban J connectivity index is 0.00000384. The number of urea groups is 1. The molecule has 2 atom stereocenters. The van der Waals surface area contributed by atoms with Crippen LogP contribution < -0.4 is 9.47 Å². The summed E-state index contributed by atoms with van der Waals surface area (Å²) >= 11 is 6.36. The zero-order valence-electron chi connectivity index (χ0n) is 26.3. The summed E-state index contributed by atoms with van der Waals surface area (Å²) in [6.45, 7) is 6.42. The van der Waals surface area contributed by atoms with Crippen LogP contribution in [-0.2, 0) is 0 Å². The van der Waals surface area contributed by atoms with Crippen molar-refractivity contribution in [3.8, 4) is 11.5 Å². The molecule has 0 N–H and O–H groups in total. The molecule has 0 radical (unpaired) electrons. The highest BCUT2D eigenvalue weighted by Crippen LogP contribution is 2.42. The molecule has 3 heterocycles.